The van der Waals surface area contributed by atoms with Gasteiger partial charge in [-0.25, -0.2) is 4.79 Å². The predicted molar refractivity (Wildman–Crippen MR) is 93.4 cm³/mol. The summed E-state index contributed by atoms with van der Waals surface area (Å²) in [6.45, 7) is 13.6. The molecule has 1 aliphatic heterocycles. The maximum Gasteiger partial charge on any atom is 0.321 e. The Morgan fingerprint density at radius 1 is 1.04 bits per heavy atom. The van der Waals surface area contributed by atoms with E-state index in [0.29, 0.717) is 13.2 Å². The van der Waals surface area contributed by atoms with Crippen molar-refractivity contribution in [3.05, 3.63) is 35.9 Å². The number of nitrogens with zero attached hydrogens (tertiary/aromatic N) is 2. The molecule has 1 unspecified atom stereocenters. The molecule has 1 aromatic carbocycles. The van der Waals surface area contributed by atoms with Crippen LogP contribution in [0.15, 0.2) is 30.3 Å². The van der Waals surface area contributed by atoms with Crippen LogP contribution >= 0.6 is 0 Å². The highest BCUT2D eigenvalue weighted by atomic mass is 16.5. The number of urea groups is 1. The molecule has 1 heterocycles. The van der Waals surface area contributed by atoms with Crippen LogP contribution in [-0.4, -0.2) is 47.2 Å². The Bertz CT molecular complexity index is 557. The fourth-order valence-corrected chi connectivity index (χ4v) is 3.56. The van der Waals surface area contributed by atoms with Crippen LogP contribution in [0.5, 0.6) is 0 Å². The molecule has 1 saturated heterocycles. The van der Waals surface area contributed by atoms with Crippen molar-refractivity contribution in [1.29, 1.82) is 0 Å². The van der Waals surface area contributed by atoms with Crippen molar-refractivity contribution in [3.63, 3.8) is 0 Å². The molecule has 1 atom stereocenters. The van der Waals surface area contributed by atoms with Crippen LogP contribution in [0.2, 0.25) is 0 Å². The Hall–Kier alpha value is -1.55. The van der Waals surface area contributed by atoms with Gasteiger partial charge in [0, 0.05) is 18.2 Å². The molecule has 0 radical (unpaired) electrons. The van der Waals surface area contributed by atoms with Gasteiger partial charge in [-0.2, -0.15) is 0 Å². The van der Waals surface area contributed by atoms with Crippen LogP contribution in [-0.2, 0) is 10.3 Å². The molecular formula is C19H30N2O2. The number of hydrogen-bond donors (Lipinski definition) is 0. The molecule has 0 saturated carbocycles. The van der Waals surface area contributed by atoms with Crippen molar-refractivity contribution in [2.45, 2.75) is 58.2 Å². The molecular weight excluding hydrogens is 288 g/mol. The summed E-state index contributed by atoms with van der Waals surface area (Å²) < 4.78 is 5.60. The van der Waals surface area contributed by atoms with E-state index in [0.717, 1.165) is 5.56 Å². The van der Waals surface area contributed by atoms with Gasteiger partial charge in [0.05, 0.1) is 13.2 Å². The third kappa shape index (κ3) is 3.09. The largest absolute Gasteiger partial charge is 0.382 e. The van der Waals surface area contributed by atoms with Crippen LogP contribution in [0.1, 0.15) is 47.1 Å². The lowest BCUT2D eigenvalue weighted by atomic mass is 9.86. The lowest BCUT2D eigenvalue weighted by Gasteiger charge is -2.44. The molecule has 4 nitrogen and oxygen atoms in total. The van der Waals surface area contributed by atoms with Gasteiger partial charge in [-0.1, -0.05) is 30.3 Å². The van der Waals surface area contributed by atoms with E-state index in [1.54, 1.807) is 7.11 Å². The third-order valence-electron chi connectivity index (χ3n) is 4.44. The molecule has 128 valence electrons. The van der Waals surface area contributed by atoms with Gasteiger partial charge in [-0.05, 0) is 47.1 Å². The number of hydrogen-bond acceptors (Lipinski definition) is 2. The average molecular weight is 318 g/mol. The monoisotopic (exact) mass is 318 g/mol. The number of carbonyl (C=O) groups is 1. The first-order valence-electron chi connectivity index (χ1n) is 8.20. The van der Waals surface area contributed by atoms with Gasteiger partial charge in [-0.15, -0.1) is 0 Å². The smallest absolute Gasteiger partial charge is 0.321 e. The zero-order valence-corrected chi connectivity index (χ0v) is 15.5. The number of methoxy groups -OCH3 is 1. The van der Waals surface area contributed by atoms with Crippen molar-refractivity contribution in [3.8, 4) is 0 Å². The molecule has 1 aromatic rings. The van der Waals surface area contributed by atoms with Crippen LogP contribution in [0, 0.1) is 0 Å². The lowest BCUT2D eigenvalue weighted by Crippen LogP contribution is -2.56. The first-order valence-corrected chi connectivity index (χ1v) is 8.20. The number of ether oxygens (including phenoxy) is 1. The van der Waals surface area contributed by atoms with Gasteiger partial charge in [0.25, 0.3) is 0 Å². The van der Waals surface area contributed by atoms with E-state index in [2.05, 4.69) is 53.7 Å². The van der Waals surface area contributed by atoms with Crippen molar-refractivity contribution < 1.29 is 9.53 Å². The van der Waals surface area contributed by atoms with Gasteiger partial charge in [0.15, 0.2) is 0 Å². The highest BCUT2D eigenvalue weighted by molar-refractivity contribution is 5.80. The average Bonchev–Trinajstić information content (AvgIpc) is 2.74. The second-order valence-corrected chi connectivity index (χ2v) is 8.38. The molecule has 0 spiro atoms. The van der Waals surface area contributed by atoms with E-state index in [1.807, 2.05) is 28.0 Å². The molecule has 2 amide bonds. The minimum absolute atomic E-state index is 0.0749. The lowest BCUT2D eigenvalue weighted by molar-refractivity contribution is 0.0122. The molecule has 0 N–H and O–H groups in total. The SMILES string of the molecule is COCC1(c2ccccc2)CN(C(C)(C)C)C(=O)N1C(C)(C)C. The van der Waals surface area contributed by atoms with E-state index >= 15 is 0 Å². The Kier molecular flexibility index (Phi) is 4.51. The van der Waals surface area contributed by atoms with Gasteiger partial charge in [0.2, 0.25) is 0 Å². The summed E-state index contributed by atoms with van der Waals surface area (Å²) in [4.78, 5) is 17.2. The van der Waals surface area contributed by atoms with E-state index in [9.17, 15) is 4.79 Å². The fourth-order valence-electron chi connectivity index (χ4n) is 3.56. The quantitative estimate of drug-likeness (QED) is 0.847. The van der Waals surface area contributed by atoms with Crippen LogP contribution in [0.25, 0.3) is 0 Å². The second-order valence-electron chi connectivity index (χ2n) is 8.38. The van der Waals surface area contributed by atoms with Crippen molar-refractivity contribution in [1.82, 2.24) is 9.80 Å². The van der Waals surface area contributed by atoms with Crippen LogP contribution in [0.3, 0.4) is 0 Å². The zero-order chi connectivity index (χ0) is 17.5. The Morgan fingerprint density at radius 2 is 1.61 bits per heavy atom. The topological polar surface area (TPSA) is 32.8 Å². The molecule has 0 aliphatic carbocycles. The second kappa shape index (κ2) is 5.82. The molecule has 4 heteroatoms. The van der Waals surface area contributed by atoms with Gasteiger partial charge in [0.1, 0.15) is 5.54 Å². The minimum Gasteiger partial charge on any atom is -0.382 e. The number of rotatable bonds is 3. The van der Waals surface area contributed by atoms with Crippen molar-refractivity contribution >= 4 is 6.03 Å². The summed E-state index contributed by atoms with van der Waals surface area (Å²) in [7, 11) is 1.70. The Morgan fingerprint density at radius 3 is 2.04 bits per heavy atom. The molecule has 0 aromatic heterocycles. The summed E-state index contributed by atoms with van der Waals surface area (Å²) in [6, 6.07) is 10.3. The van der Waals surface area contributed by atoms with E-state index in [-0.39, 0.29) is 17.1 Å². The summed E-state index contributed by atoms with van der Waals surface area (Å²) in [6.07, 6.45) is 0. The molecule has 23 heavy (non-hydrogen) atoms. The molecule has 1 fully saturated rings. The van der Waals surface area contributed by atoms with Crippen LogP contribution < -0.4 is 0 Å². The molecule has 0 bridgehead atoms. The fraction of sp³-hybridized carbons (Fsp3) is 0.632. The van der Waals surface area contributed by atoms with Gasteiger partial charge in [-0.3, -0.25) is 0 Å². The highest BCUT2D eigenvalue weighted by Gasteiger charge is 2.56. The van der Waals surface area contributed by atoms with Gasteiger partial charge >= 0.3 is 6.03 Å². The van der Waals surface area contributed by atoms with E-state index in [1.165, 1.54) is 0 Å². The standard InChI is InChI=1S/C19H30N2O2/c1-17(2,3)20-13-19(14-23-7,15-11-9-8-10-12-15)21(16(20)22)18(4,5)6/h8-12H,13-14H2,1-7H3. The number of carbonyl (C=O) groups excluding carboxylic acids is 1. The summed E-state index contributed by atoms with van der Waals surface area (Å²) >= 11 is 0. The summed E-state index contributed by atoms with van der Waals surface area (Å²) in [5.41, 5.74) is 0.117. The number of amides is 2. The summed E-state index contributed by atoms with van der Waals surface area (Å²) in [5.74, 6) is 0. The van der Waals surface area contributed by atoms with Crippen LogP contribution in [0.4, 0.5) is 4.79 Å². The first-order chi connectivity index (χ1) is 10.5. The Balaban J connectivity index is 2.64. The third-order valence-corrected chi connectivity index (χ3v) is 4.44. The zero-order valence-electron chi connectivity index (χ0n) is 15.5. The Labute approximate surface area is 140 Å². The maximum absolute atomic E-state index is 13.3. The van der Waals surface area contributed by atoms with Gasteiger partial charge < -0.3 is 14.5 Å². The summed E-state index contributed by atoms with van der Waals surface area (Å²) in [5, 5.41) is 0. The predicted octanol–water partition coefficient (Wildman–Crippen LogP) is 3.86. The maximum atomic E-state index is 13.3. The molecule has 2 rings (SSSR count). The highest BCUT2D eigenvalue weighted by Crippen LogP contribution is 2.43. The van der Waals surface area contributed by atoms with Crippen molar-refractivity contribution in [2.75, 3.05) is 20.3 Å². The first kappa shape index (κ1) is 17.8. The minimum atomic E-state index is -0.474. The van der Waals surface area contributed by atoms with Crippen molar-refractivity contribution in [2.24, 2.45) is 0 Å². The number of benzene rings is 1. The van der Waals surface area contributed by atoms with E-state index in [4.69, 9.17) is 4.74 Å². The molecule has 1 aliphatic rings. The normalized spacial score (nSPS) is 22.8. The van der Waals surface area contributed by atoms with E-state index < -0.39 is 5.54 Å².